The van der Waals surface area contributed by atoms with Crippen LogP contribution in [-0.4, -0.2) is 14.5 Å². The lowest BCUT2D eigenvalue weighted by atomic mass is 10.0. The van der Waals surface area contributed by atoms with E-state index in [-0.39, 0.29) is 0 Å². The van der Waals surface area contributed by atoms with Crippen LogP contribution in [0.5, 0.6) is 0 Å². The number of imidazole rings is 1. The highest BCUT2D eigenvalue weighted by Crippen LogP contribution is 2.36. The van der Waals surface area contributed by atoms with Crippen molar-refractivity contribution in [3.8, 4) is 17.1 Å². The van der Waals surface area contributed by atoms with Gasteiger partial charge in [-0.25, -0.2) is 9.97 Å². The zero-order valence-corrected chi connectivity index (χ0v) is 19.5. The molecule has 0 aliphatic carbocycles. The van der Waals surface area contributed by atoms with Crippen molar-refractivity contribution in [2.24, 2.45) is 0 Å². The fourth-order valence-corrected chi connectivity index (χ4v) is 5.15. The second kappa shape index (κ2) is 7.04. The molecule has 4 heteroatoms. The van der Waals surface area contributed by atoms with Gasteiger partial charge >= 0.3 is 0 Å². The van der Waals surface area contributed by atoms with Crippen LogP contribution in [0.2, 0.25) is 0 Å². The second-order valence-corrected chi connectivity index (χ2v) is 9.09. The number of furan rings is 1. The lowest BCUT2D eigenvalue weighted by molar-refractivity contribution is 0.651. The third kappa shape index (κ3) is 2.91. The van der Waals surface area contributed by atoms with Crippen LogP contribution in [0.15, 0.2) is 65.2 Å². The molecule has 0 fully saturated rings. The van der Waals surface area contributed by atoms with Gasteiger partial charge in [0.05, 0.1) is 16.7 Å². The van der Waals surface area contributed by atoms with Crippen molar-refractivity contribution >= 4 is 33.1 Å². The average molecular weight is 432 g/mol. The van der Waals surface area contributed by atoms with E-state index in [1.807, 2.05) is 12.3 Å². The van der Waals surface area contributed by atoms with Gasteiger partial charge in [-0.3, -0.25) is 4.57 Å². The van der Waals surface area contributed by atoms with Gasteiger partial charge in [0.15, 0.2) is 0 Å². The predicted octanol–water partition coefficient (Wildman–Crippen LogP) is 7.53. The molecule has 6 rings (SSSR count). The minimum atomic E-state index is 0.663. The maximum atomic E-state index is 6.14. The van der Waals surface area contributed by atoms with Gasteiger partial charge in [0.2, 0.25) is 5.71 Å². The molecule has 0 saturated heterocycles. The molecular weight excluding hydrogens is 406 g/mol. The first-order valence-corrected chi connectivity index (χ1v) is 11.3. The maximum absolute atomic E-state index is 6.14. The van der Waals surface area contributed by atoms with Crippen LogP contribution in [-0.2, 0) is 0 Å². The van der Waals surface area contributed by atoms with Crippen molar-refractivity contribution in [3.05, 3.63) is 88.6 Å². The van der Waals surface area contributed by atoms with Crippen LogP contribution >= 0.6 is 0 Å². The monoisotopic (exact) mass is 431 g/mol. The van der Waals surface area contributed by atoms with Crippen LogP contribution in [0, 0.1) is 34.6 Å². The number of fused-ring (bicyclic) bond motifs is 4. The van der Waals surface area contributed by atoms with Gasteiger partial charge in [-0.15, -0.1) is 0 Å². The molecule has 3 heterocycles. The van der Waals surface area contributed by atoms with Crippen molar-refractivity contribution < 1.29 is 4.42 Å². The zero-order valence-electron chi connectivity index (χ0n) is 19.5. The molecule has 162 valence electrons. The number of aromatic nitrogens is 3. The highest BCUT2D eigenvalue weighted by Gasteiger charge is 2.20. The number of rotatable bonds is 2. The zero-order chi connectivity index (χ0) is 22.9. The number of pyridine rings is 1. The molecule has 3 aromatic carbocycles. The number of hydrogen-bond donors (Lipinski definition) is 0. The number of nitrogens with zero attached hydrogens (tertiary/aromatic N) is 3. The summed E-state index contributed by atoms with van der Waals surface area (Å²) in [4.78, 5) is 9.79. The van der Waals surface area contributed by atoms with Crippen LogP contribution in [0.25, 0.3) is 50.2 Å². The lowest BCUT2D eigenvalue weighted by Crippen LogP contribution is -2.03. The highest BCUT2D eigenvalue weighted by molar-refractivity contribution is 6.07. The van der Waals surface area contributed by atoms with Crippen molar-refractivity contribution in [3.63, 3.8) is 0 Å². The summed E-state index contributed by atoms with van der Waals surface area (Å²) in [6.45, 7) is 10.7. The van der Waals surface area contributed by atoms with E-state index in [1.165, 1.54) is 27.9 Å². The Morgan fingerprint density at radius 3 is 2.30 bits per heavy atom. The Balaban J connectivity index is 1.70. The van der Waals surface area contributed by atoms with Crippen molar-refractivity contribution in [2.45, 2.75) is 34.6 Å². The van der Waals surface area contributed by atoms with Crippen LogP contribution in [0.4, 0.5) is 0 Å². The standard InChI is InChI=1S/C29H25N3O/c1-16-12-19(4)26(20(5)13-16)32-24-9-7-6-8-23(24)31-28(32)21-14-22-25-17(2)10-11-18(3)27(25)33-29(22)30-15-21/h6-15H,1-5H3. The van der Waals surface area contributed by atoms with Crippen molar-refractivity contribution in [1.82, 2.24) is 14.5 Å². The third-order valence-electron chi connectivity index (χ3n) is 6.56. The second-order valence-electron chi connectivity index (χ2n) is 9.09. The van der Waals surface area contributed by atoms with Crippen LogP contribution in [0.1, 0.15) is 27.8 Å². The molecule has 33 heavy (non-hydrogen) atoms. The summed E-state index contributed by atoms with van der Waals surface area (Å²) in [6.07, 6.45) is 1.88. The van der Waals surface area contributed by atoms with Crippen molar-refractivity contribution in [1.29, 1.82) is 0 Å². The molecule has 0 amide bonds. The molecule has 0 unspecified atom stereocenters. The van der Waals surface area contributed by atoms with E-state index in [4.69, 9.17) is 14.4 Å². The van der Waals surface area contributed by atoms with E-state index in [2.05, 4.69) is 87.7 Å². The summed E-state index contributed by atoms with van der Waals surface area (Å²) in [6, 6.07) is 19.2. The van der Waals surface area contributed by atoms with Crippen molar-refractivity contribution in [2.75, 3.05) is 0 Å². The minimum Gasteiger partial charge on any atom is -0.437 e. The summed E-state index contributed by atoms with van der Waals surface area (Å²) >= 11 is 0. The largest absolute Gasteiger partial charge is 0.437 e. The summed E-state index contributed by atoms with van der Waals surface area (Å²) < 4.78 is 8.42. The maximum Gasteiger partial charge on any atom is 0.227 e. The van der Waals surface area contributed by atoms with Gasteiger partial charge in [-0.05, 0) is 75.1 Å². The number of aryl methyl sites for hydroxylation is 5. The Kier molecular flexibility index (Phi) is 4.21. The van der Waals surface area contributed by atoms with E-state index < -0.39 is 0 Å². The normalized spacial score (nSPS) is 11.8. The molecule has 0 N–H and O–H groups in total. The molecule has 0 aliphatic heterocycles. The molecule has 6 aromatic rings. The van der Waals surface area contributed by atoms with E-state index in [9.17, 15) is 0 Å². The van der Waals surface area contributed by atoms with Crippen LogP contribution in [0.3, 0.4) is 0 Å². The molecule has 0 atom stereocenters. The van der Waals surface area contributed by atoms with Gasteiger partial charge in [-0.1, -0.05) is 42.0 Å². The lowest BCUT2D eigenvalue weighted by Gasteiger charge is -2.16. The Hall–Kier alpha value is -3.92. The SMILES string of the molecule is Cc1cc(C)c(-n2c(-c3cnc4oc5c(C)ccc(C)c5c4c3)nc3ccccc32)c(C)c1. The Morgan fingerprint density at radius 1 is 0.788 bits per heavy atom. The average Bonchev–Trinajstić information content (AvgIpc) is 3.35. The molecule has 4 nitrogen and oxygen atoms in total. The first-order valence-electron chi connectivity index (χ1n) is 11.3. The van der Waals surface area contributed by atoms with Crippen LogP contribution < -0.4 is 0 Å². The Morgan fingerprint density at radius 2 is 1.52 bits per heavy atom. The fourth-order valence-electron chi connectivity index (χ4n) is 5.15. The summed E-state index contributed by atoms with van der Waals surface area (Å²) in [5.74, 6) is 0.889. The van der Waals surface area contributed by atoms with Gasteiger partial charge in [-0.2, -0.15) is 0 Å². The highest BCUT2D eigenvalue weighted by atomic mass is 16.3. The van der Waals surface area contributed by atoms with Gasteiger partial charge in [0.25, 0.3) is 0 Å². The quantitative estimate of drug-likeness (QED) is 0.285. The smallest absolute Gasteiger partial charge is 0.227 e. The number of hydrogen-bond acceptors (Lipinski definition) is 3. The first-order chi connectivity index (χ1) is 15.9. The molecule has 0 bridgehead atoms. The predicted molar refractivity (Wildman–Crippen MR) is 135 cm³/mol. The summed E-state index contributed by atoms with van der Waals surface area (Å²) in [5, 5.41) is 2.16. The molecule has 0 saturated carbocycles. The molecule has 0 aliphatic rings. The number of benzene rings is 3. The minimum absolute atomic E-state index is 0.663. The van der Waals surface area contributed by atoms with Gasteiger partial charge in [0, 0.05) is 22.5 Å². The van der Waals surface area contributed by atoms with E-state index in [0.29, 0.717) is 5.71 Å². The van der Waals surface area contributed by atoms with E-state index in [0.717, 1.165) is 44.3 Å². The van der Waals surface area contributed by atoms with E-state index in [1.54, 1.807) is 0 Å². The Bertz CT molecular complexity index is 1700. The third-order valence-corrected chi connectivity index (χ3v) is 6.56. The summed E-state index contributed by atoms with van der Waals surface area (Å²) in [5.41, 5.74) is 11.8. The molecule has 0 radical (unpaired) electrons. The van der Waals surface area contributed by atoms with Gasteiger partial charge < -0.3 is 4.42 Å². The molecule has 3 aromatic heterocycles. The van der Waals surface area contributed by atoms with Gasteiger partial charge in [0.1, 0.15) is 11.4 Å². The number of para-hydroxylation sites is 2. The summed E-state index contributed by atoms with van der Waals surface area (Å²) in [7, 11) is 0. The first kappa shape index (κ1) is 19.7. The fraction of sp³-hybridized carbons (Fsp3) is 0.172. The Labute approximate surface area is 192 Å². The van der Waals surface area contributed by atoms with E-state index >= 15 is 0 Å². The molecule has 0 spiro atoms. The molecular formula is C29H25N3O. The topological polar surface area (TPSA) is 43.9 Å².